The Bertz CT molecular complexity index is 169. The van der Waals surface area contributed by atoms with Crippen molar-refractivity contribution < 1.29 is 4.79 Å². The van der Waals surface area contributed by atoms with Crippen molar-refractivity contribution in [3.8, 4) is 0 Å². The number of carbonyl (C=O) groups excluding carboxylic acids is 1. The van der Waals surface area contributed by atoms with Crippen LogP contribution in [0.1, 0.15) is 33.6 Å². The fourth-order valence-corrected chi connectivity index (χ4v) is 1.77. The lowest BCUT2D eigenvalue weighted by Crippen LogP contribution is -2.51. The van der Waals surface area contributed by atoms with Crippen molar-refractivity contribution in [2.24, 2.45) is 5.41 Å². The quantitative estimate of drug-likeness (QED) is 0.647. The van der Waals surface area contributed by atoms with E-state index >= 15 is 0 Å². The number of amides is 2. The van der Waals surface area contributed by atoms with Gasteiger partial charge in [0.25, 0.3) is 0 Å². The summed E-state index contributed by atoms with van der Waals surface area (Å²) in [5.74, 6) is 0. The molecule has 0 aliphatic heterocycles. The maximum Gasteiger partial charge on any atom is 0.314 e. The highest BCUT2D eigenvalue weighted by atomic mass is 16.2. The van der Waals surface area contributed by atoms with Gasteiger partial charge in [-0.3, -0.25) is 0 Å². The molecular formula is C9H18N2O. The molecule has 3 nitrogen and oxygen atoms in total. The average Bonchev–Trinajstić information content (AvgIpc) is 1.83. The molecule has 0 atom stereocenters. The van der Waals surface area contributed by atoms with Crippen molar-refractivity contribution >= 4 is 6.03 Å². The molecule has 1 saturated carbocycles. The summed E-state index contributed by atoms with van der Waals surface area (Å²) in [5, 5.41) is 5.64. The van der Waals surface area contributed by atoms with E-state index in [1.807, 2.05) is 6.92 Å². The van der Waals surface area contributed by atoms with Crippen molar-refractivity contribution in [3.63, 3.8) is 0 Å². The molecular weight excluding hydrogens is 152 g/mol. The summed E-state index contributed by atoms with van der Waals surface area (Å²) >= 11 is 0. The maximum atomic E-state index is 11.0. The van der Waals surface area contributed by atoms with Gasteiger partial charge in [-0.05, 0) is 25.2 Å². The van der Waals surface area contributed by atoms with Crippen molar-refractivity contribution in [3.05, 3.63) is 0 Å². The first-order chi connectivity index (χ1) is 5.53. The third-order valence-corrected chi connectivity index (χ3v) is 2.27. The van der Waals surface area contributed by atoms with Gasteiger partial charge in [-0.25, -0.2) is 4.79 Å². The van der Waals surface area contributed by atoms with Crippen LogP contribution in [0.5, 0.6) is 0 Å². The normalized spacial score (nSPS) is 21.2. The fourth-order valence-electron chi connectivity index (χ4n) is 1.77. The molecule has 2 amide bonds. The lowest BCUT2D eigenvalue weighted by Gasteiger charge is -2.42. The molecule has 1 aliphatic rings. The molecule has 1 aliphatic carbocycles. The van der Waals surface area contributed by atoms with Crippen LogP contribution < -0.4 is 10.6 Å². The molecule has 0 bridgehead atoms. The van der Waals surface area contributed by atoms with E-state index in [-0.39, 0.29) is 6.03 Å². The Labute approximate surface area is 73.9 Å². The second-order valence-corrected chi connectivity index (χ2v) is 4.27. The number of hydrogen-bond acceptors (Lipinski definition) is 1. The van der Waals surface area contributed by atoms with Gasteiger partial charge in [0, 0.05) is 12.6 Å². The third-order valence-electron chi connectivity index (χ3n) is 2.27. The lowest BCUT2D eigenvalue weighted by atomic mass is 9.68. The van der Waals surface area contributed by atoms with E-state index in [0.29, 0.717) is 18.0 Å². The van der Waals surface area contributed by atoms with Gasteiger partial charge in [0.2, 0.25) is 0 Å². The first kappa shape index (κ1) is 9.36. The summed E-state index contributed by atoms with van der Waals surface area (Å²) in [7, 11) is 0. The Morgan fingerprint density at radius 2 is 2.08 bits per heavy atom. The van der Waals surface area contributed by atoms with E-state index in [0.717, 1.165) is 12.8 Å². The molecule has 1 rings (SSSR count). The molecule has 70 valence electrons. The molecule has 0 heterocycles. The fraction of sp³-hybridized carbons (Fsp3) is 0.889. The zero-order valence-electron chi connectivity index (χ0n) is 8.11. The van der Waals surface area contributed by atoms with Crippen LogP contribution in [0.15, 0.2) is 0 Å². The first-order valence-corrected chi connectivity index (χ1v) is 4.58. The van der Waals surface area contributed by atoms with Crippen molar-refractivity contribution in [1.29, 1.82) is 0 Å². The van der Waals surface area contributed by atoms with E-state index in [2.05, 4.69) is 24.5 Å². The number of hydrogen-bond donors (Lipinski definition) is 2. The molecule has 0 aromatic carbocycles. The summed E-state index contributed by atoms with van der Waals surface area (Å²) in [5.41, 5.74) is 0.435. The molecule has 2 N–H and O–H groups in total. The van der Waals surface area contributed by atoms with Crippen molar-refractivity contribution in [1.82, 2.24) is 10.6 Å². The Morgan fingerprint density at radius 1 is 1.50 bits per heavy atom. The highest BCUT2D eigenvalue weighted by molar-refractivity contribution is 5.74. The summed E-state index contributed by atoms with van der Waals surface area (Å²) < 4.78 is 0. The number of carbonyl (C=O) groups is 1. The average molecular weight is 170 g/mol. The highest BCUT2D eigenvalue weighted by Gasteiger charge is 2.36. The van der Waals surface area contributed by atoms with Gasteiger partial charge < -0.3 is 10.6 Å². The van der Waals surface area contributed by atoms with Crippen LogP contribution in [0.2, 0.25) is 0 Å². The van der Waals surface area contributed by atoms with Crippen LogP contribution in [-0.2, 0) is 0 Å². The number of nitrogens with one attached hydrogen (secondary N) is 2. The van der Waals surface area contributed by atoms with Crippen LogP contribution in [0.4, 0.5) is 4.79 Å². The van der Waals surface area contributed by atoms with Crippen molar-refractivity contribution in [2.75, 3.05) is 6.54 Å². The predicted molar refractivity (Wildman–Crippen MR) is 49.0 cm³/mol. The Hall–Kier alpha value is -0.730. The Kier molecular flexibility index (Phi) is 2.60. The number of urea groups is 1. The number of rotatable bonds is 2. The summed E-state index contributed by atoms with van der Waals surface area (Å²) in [6, 6.07) is 0.365. The van der Waals surface area contributed by atoms with Gasteiger partial charge in [0.1, 0.15) is 0 Å². The lowest BCUT2D eigenvalue weighted by molar-refractivity contribution is 0.130. The molecule has 1 fully saturated rings. The van der Waals surface area contributed by atoms with Crippen LogP contribution in [-0.4, -0.2) is 18.6 Å². The topological polar surface area (TPSA) is 41.1 Å². The molecule has 12 heavy (non-hydrogen) atoms. The van der Waals surface area contributed by atoms with E-state index in [9.17, 15) is 4.79 Å². The first-order valence-electron chi connectivity index (χ1n) is 4.58. The standard InChI is InChI=1S/C9H18N2O/c1-4-10-8(12)11-7-5-9(2,3)6-7/h7H,4-6H2,1-3H3,(H2,10,11,12). The van der Waals surface area contributed by atoms with Crippen LogP contribution in [0, 0.1) is 5.41 Å². The molecule has 0 aromatic heterocycles. The Morgan fingerprint density at radius 3 is 2.50 bits per heavy atom. The van der Waals surface area contributed by atoms with Gasteiger partial charge >= 0.3 is 6.03 Å². The minimum Gasteiger partial charge on any atom is -0.338 e. The predicted octanol–water partition coefficient (Wildman–Crippen LogP) is 1.49. The van der Waals surface area contributed by atoms with Crippen LogP contribution >= 0.6 is 0 Å². The maximum absolute atomic E-state index is 11.0. The molecule has 0 radical (unpaired) electrons. The van der Waals surface area contributed by atoms with Crippen LogP contribution in [0.25, 0.3) is 0 Å². The smallest absolute Gasteiger partial charge is 0.314 e. The van der Waals surface area contributed by atoms with Crippen LogP contribution in [0.3, 0.4) is 0 Å². The minimum atomic E-state index is -0.0296. The monoisotopic (exact) mass is 170 g/mol. The molecule has 0 spiro atoms. The zero-order chi connectivity index (χ0) is 9.19. The van der Waals surface area contributed by atoms with Gasteiger partial charge in [0.05, 0.1) is 0 Å². The second kappa shape index (κ2) is 3.33. The summed E-state index contributed by atoms with van der Waals surface area (Å²) in [4.78, 5) is 11.0. The SMILES string of the molecule is CCNC(=O)NC1CC(C)(C)C1. The summed E-state index contributed by atoms with van der Waals surface area (Å²) in [6.45, 7) is 7.07. The third kappa shape index (κ3) is 2.40. The zero-order valence-corrected chi connectivity index (χ0v) is 8.11. The highest BCUT2D eigenvalue weighted by Crippen LogP contribution is 2.39. The van der Waals surface area contributed by atoms with Gasteiger partial charge in [0.15, 0.2) is 0 Å². The van der Waals surface area contributed by atoms with E-state index in [1.54, 1.807) is 0 Å². The van der Waals surface area contributed by atoms with Gasteiger partial charge in [-0.1, -0.05) is 13.8 Å². The van der Waals surface area contributed by atoms with E-state index in [1.165, 1.54) is 0 Å². The van der Waals surface area contributed by atoms with Crippen molar-refractivity contribution in [2.45, 2.75) is 39.7 Å². The largest absolute Gasteiger partial charge is 0.338 e. The minimum absolute atomic E-state index is 0.0296. The molecule has 0 unspecified atom stereocenters. The second-order valence-electron chi connectivity index (χ2n) is 4.27. The van der Waals surface area contributed by atoms with E-state index < -0.39 is 0 Å². The van der Waals surface area contributed by atoms with Gasteiger partial charge in [-0.15, -0.1) is 0 Å². The van der Waals surface area contributed by atoms with E-state index in [4.69, 9.17) is 0 Å². The molecule has 0 saturated heterocycles. The van der Waals surface area contributed by atoms with Gasteiger partial charge in [-0.2, -0.15) is 0 Å². The Balaban J connectivity index is 2.14. The molecule has 3 heteroatoms. The molecule has 0 aromatic rings. The summed E-state index contributed by atoms with van der Waals surface area (Å²) in [6.07, 6.45) is 2.20.